The molecule has 2 unspecified atom stereocenters. The van der Waals surface area contributed by atoms with Crippen LogP contribution < -0.4 is 10.6 Å². The van der Waals surface area contributed by atoms with Crippen molar-refractivity contribution in [2.45, 2.75) is 82.8 Å². The highest BCUT2D eigenvalue weighted by atomic mass is 16.6. The zero-order chi connectivity index (χ0) is 19.9. The van der Waals surface area contributed by atoms with E-state index in [2.05, 4.69) is 10.6 Å². The lowest BCUT2D eigenvalue weighted by Gasteiger charge is -2.42. The van der Waals surface area contributed by atoms with E-state index in [0.717, 1.165) is 51.6 Å². The molecule has 0 spiro atoms. The first kappa shape index (κ1) is 21.3. The first-order chi connectivity index (χ1) is 13.5. The zero-order valence-corrected chi connectivity index (χ0v) is 17.2. The first-order valence-electron chi connectivity index (χ1n) is 10.8. The van der Waals surface area contributed by atoms with Gasteiger partial charge in [-0.3, -0.25) is 4.79 Å². The van der Waals surface area contributed by atoms with E-state index in [4.69, 9.17) is 14.2 Å². The molecule has 2 amide bonds. The summed E-state index contributed by atoms with van der Waals surface area (Å²) in [7, 11) is 0. The van der Waals surface area contributed by atoms with Crippen LogP contribution in [0.1, 0.15) is 52.4 Å². The normalized spacial score (nSPS) is 29.1. The lowest BCUT2D eigenvalue weighted by molar-refractivity contribution is -0.132. The van der Waals surface area contributed by atoms with Crippen LogP contribution in [0.5, 0.6) is 0 Å². The Bertz CT molecular complexity index is 518. The largest absolute Gasteiger partial charge is 0.447 e. The molecule has 0 radical (unpaired) electrons. The Balaban J connectivity index is 1.65. The monoisotopic (exact) mass is 397 g/mol. The van der Waals surface area contributed by atoms with Crippen LogP contribution in [0.2, 0.25) is 0 Å². The van der Waals surface area contributed by atoms with Gasteiger partial charge in [0.15, 0.2) is 0 Å². The molecular formula is C20H35N3O5. The quantitative estimate of drug-likeness (QED) is 0.705. The van der Waals surface area contributed by atoms with Gasteiger partial charge in [0.05, 0.1) is 30.9 Å². The molecule has 0 bridgehead atoms. The van der Waals surface area contributed by atoms with E-state index in [1.807, 2.05) is 13.8 Å². The molecule has 8 nitrogen and oxygen atoms in total. The fourth-order valence-electron chi connectivity index (χ4n) is 4.18. The van der Waals surface area contributed by atoms with Crippen molar-refractivity contribution in [3.05, 3.63) is 0 Å². The summed E-state index contributed by atoms with van der Waals surface area (Å²) < 4.78 is 17.1. The molecule has 0 aliphatic carbocycles. The second-order valence-corrected chi connectivity index (χ2v) is 8.23. The number of carbonyl (C=O) groups excluding carboxylic acids is 2. The Morgan fingerprint density at radius 2 is 1.96 bits per heavy atom. The molecule has 28 heavy (non-hydrogen) atoms. The smallest absolute Gasteiger partial charge is 0.410 e. The maximum Gasteiger partial charge on any atom is 0.410 e. The molecule has 2 N–H and O–H groups in total. The van der Waals surface area contributed by atoms with Crippen LogP contribution in [0.4, 0.5) is 4.79 Å². The molecule has 0 saturated carbocycles. The number of amides is 2. The van der Waals surface area contributed by atoms with Crippen molar-refractivity contribution in [3.8, 4) is 0 Å². The third-order valence-electron chi connectivity index (χ3n) is 5.69. The minimum absolute atomic E-state index is 0.0755. The van der Waals surface area contributed by atoms with E-state index in [9.17, 15) is 9.59 Å². The zero-order valence-electron chi connectivity index (χ0n) is 17.2. The SMILES string of the molecule is CC(C)OC(=O)N1CCCC(NC(=O)[C@@H]2CCCO2)C1COC1CCNCC1. The highest BCUT2D eigenvalue weighted by Gasteiger charge is 2.38. The van der Waals surface area contributed by atoms with Gasteiger partial charge in [-0.15, -0.1) is 0 Å². The number of likely N-dealkylation sites (tertiary alicyclic amines) is 1. The summed E-state index contributed by atoms with van der Waals surface area (Å²) in [4.78, 5) is 27.0. The average Bonchev–Trinajstić information content (AvgIpc) is 3.22. The molecule has 3 heterocycles. The van der Waals surface area contributed by atoms with Crippen LogP contribution in [-0.2, 0) is 19.0 Å². The molecular weight excluding hydrogens is 362 g/mol. The van der Waals surface area contributed by atoms with E-state index in [1.54, 1.807) is 4.90 Å². The van der Waals surface area contributed by atoms with Crippen molar-refractivity contribution in [2.24, 2.45) is 0 Å². The van der Waals surface area contributed by atoms with E-state index < -0.39 is 0 Å². The maximum atomic E-state index is 12.7. The summed E-state index contributed by atoms with van der Waals surface area (Å²) in [5, 5.41) is 6.46. The minimum atomic E-state index is -0.371. The third-order valence-corrected chi connectivity index (χ3v) is 5.69. The van der Waals surface area contributed by atoms with Gasteiger partial charge >= 0.3 is 6.09 Å². The van der Waals surface area contributed by atoms with Crippen molar-refractivity contribution < 1.29 is 23.8 Å². The number of piperidine rings is 2. The summed E-state index contributed by atoms with van der Waals surface area (Å²) in [6.45, 7) is 7.27. The standard InChI is InChI=1S/C20H35N3O5/c1-14(2)28-20(25)23-11-3-5-16(22-19(24)18-6-4-12-26-18)17(23)13-27-15-7-9-21-10-8-15/h14-18,21H,3-13H2,1-2H3,(H,22,24)/t16?,17?,18-/m0/s1. The summed E-state index contributed by atoms with van der Waals surface area (Å²) in [5.41, 5.74) is 0. The number of rotatable bonds is 6. The van der Waals surface area contributed by atoms with E-state index in [1.165, 1.54) is 0 Å². The van der Waals surface area contributed by atoms with Gasteiger partial charge < -0.3 is 29.7 Å². The van der Waals surface area contributed by atoms with Crippen LogP contribution in [0.15, 0.2) is 0 Å². The third kappa shape index (κ3) is 5.81. The number of nitrogens with zero attached hydrogens (tertiary/aromatic N) is 1. The van der Waals surface area contributed by atoms with Crippen LogP contribution in [0.3, 0.4) is 0 Å². The van der Waals surface area contributed by atoms with Gasteiger partial charge in [0.25, 0.3) is 0 Å². The van der Waals surface area contributed by atoms with Gasteiger partial charge in [0.1, 0.15) is 6.10 Å². The average molecular weight is 398 g/mol. The van der Waals surface area contributed by atoms with Gasteiger partial charge in [-0.1, -0.05) is 0 Å². The molecule has 3 saturated heterocycles. The molecule has 3 rings (SSSR count). The van der Waals surface area contributed by atoms with Gasteiger partial charge in [-0.2, -0.15) is 0 Å². The second-order valence-electron chi connectivity index (χ2n) is 8.23. The first-order valence-corrected chi connectivity index (χ1v) is 10.8. The van der Waals surface area contributed by atoms with Crippen LogP contribution in [0.25, 0.3) is 0 Å². The lowest BCUT2D eigenvalue weighted by atomic mass is 9.96. The molecule has 0 aromatic carbocycles. The topological polar surface area (TPSA) is 89.1 Å². The molecule has 3 aliphatic heterocycles. The molecule has 3 atom stereocenters. The van der Waals surface area contributed by atoms with Gasteiger partial charge in [-0.25, -0.2) is 4.79 Å². The highest BCUT2D eigenvalue weighted by Crippen LogP contribution is 2.22. The Morgan fingerprint density at radius 3 is 2.64 bits per heavy atom. The van der Waals surface area contributed by atoms with Gasteiger partial charge in [-0.05, 0) is 65.5 Å². The molecule has 8 heteroatoms. The van der Waals surface area contributed by atoms with Crippen molar-refractivity contribution >= 4 is 12.0 Å². The number of carbonyl (C=O) groups is 2. The fraction of sp³-hybridized carbons (Fsp3) is 0.900. The summed E-state index contributed by atoms with van der Waals surface area (Å²) in [5.74, 6) is -0.0755. The van der Waals surface area contributed by atoms with Crippen molar-refractivity contribution in [3.63, 3.8) is 0 Å². The Labute approximate surface area is 167 Å². The summed E-state index contributed by atoms with van der Waals surface area (Å²) >= 11 is 0. The Kier molecular flexibility index (Phi) is 7.93. The van der Waals surface area contributed by atoms with Crippen LogP contribution in [-0.4, -0.2) is 80.1 Å². The minimum Gasteiger partial charge on any atom is -0.447 e. The maximum absolute atomic E-state index is 12.7. The second kappa shape index (κ2) is 10.4. The number of ether oxygens (including phenoxy) is 3. The van der Waals surface area contributed by atoms with Crippen molar-refractivity contribution in [1.82, 2.24) is 15.5 Å². The van der Waals surface area contributed by atoms with E-state index >= 15 is 0 Å². The summed E-state index contributed by atoms with van der Waals surface area (Å²) in [6.07, 6.45) is 4.57. The van der Waals surface area contributed by atoms with E-state index in [0.29, 0.717) is 19.8 Å². The molecule has 3 aliphatic rings. The molecule has 3 fully saturated rings. The van der Waals surface area contributed by atoms with Crippen LogP contribution >= 0.6 is 0 Å². The molecule has 160 valence electrons. The number of hydrogen-bond donors (Lipinski definition) is 2. The van der Waals surface area contributed by atoms with Crippen LogP contribution in [0, 0.1) is 0 Å². The predicted molar refractivity (Wildman–Crippen MR) is 104 cm³/mol. The Morgan fingerprint density at radius 1 is 1.18 bits per heavy atom. The number of nitrogens with one attached hydrogen (secondary N) is 2. The van der Waals surface area contributed by atoms with E-state index in [-0.39, 0.29) is 42.4 Å². The van der Waals surface area contributed by atoms with Gasteiger partial charge in [0.2, 0.25) is 5.91 Å². The molecule has 0 aromatic heterocycles. The number of hydrogen-bond acceptors (Lipinski definition) is 6. The molecule has 0 aromatic rings. The fourth-order valence-corrected chi connectivity index (χ4v) is 4.18. The lowest BCUT2D eigenvalue weighted by Crippen LogP contribution is -2.60. The summed E-state index contributed by atoms with van der Waals surface area (Å²) in [6, 6.07) is -0.368. The predicted octanol–water partition coefficient (Wildman–Crippen LogP) is 1.43. The van der Waals surface area contributed by atoms with Crippen molar-refractivity contribution in [2.75, 3.05) is 32.8 Å². The van der Waals surface area contributed by atoms with Gasteiger partial charge in [0, 0.05) is 13.2 Å². The Hall–Kier alpha value is -1.38. The highest BCUT2D eigenvalue weighted by molar-refractivity contribution is 5.81. The van der Waals surface area contributed by atoms with Crippen molar-refractivity contribution in [1.29, 1.82) is 0 Å².